The fourth-order valence-corrected chi connectivity index (χ4v) is 3.90. The molecule has 162 valence electrons. The van der Waals surface area contributed by atoms with E-state index in [1.807, 2.05) is 0 Å². The minimum Gasteiger partial charge on any atom is -0.381 e. The molecule has 0 atom stereocenters. The summed E-state index contributed by atoms with van der Waals surface area (Å²) in [6, 6.07) is 10.7. The largest absolute Gasteiger partial charge is 0.381 e. The van der Waals surface area contributed by atoms with E-state index >= 15 is 0 Å². The molecule has 0 radical (unpaired) electrons. The molecule has 3 rings (SSSR count). The summed E-state index contributed by atoms with van der Waals surface area (Å²) < 4.78 is 11.3. The van der Waals surface area contributed by atoms with Crippen LogP contribution in [-0.4, -0.2) is 81.5 Å². The molecule has 0 spiro atoms. The molecule has 0 aliphatic carbocycles. The zero-order valence-corrected chi connectivity index (χ0v) is 18.0. The lowest BCUT2D eigenvalue weighted by atomic mass is 10.0. The Morgan fingerprint density at radius 1 is 1.14 bits per heavy atom. The number of hydrogen-bond donors (Lipinski definition) is 1. The van der Waals surface area contributed by atoms with Crippen LogP contribution in [0.4, 0.5) is 0 Å². The Balaban J connectivity index is 1.34. The number of benzene rings is 1. The van der Waals surface area contributed by atoms with Crippen molar-refractivity contribution >= 4 is 5.96 Å². The van der Waals surface area contributed by atoms with Crippen molar-refractivity contribution in [3.63, 3.8) is 0 Å². The van der Waals surface area contributed by atoms with E-state index in [9.17, 15) is 0 Å². The monoisotopic (exact) mass is 402 g/mol. The molecule has 1 aromatic carbocycles. The zero-order chi connectivity index (χ0) is 20.2. The maximum atomic E-state index is 5.87. The number of guanidine groups is 1. The van der Waals surface area contributed by atoms with E-state index < -0.39 is 0 Å². The van der Waals surface area contributed by atoms with Gasteiger partial charge in [-0.1, -0.05) is 30.3 Å². The van der Waals surface area contributed by atoms with Crippen molar-refractivity contribution in [2.45, 2.75) is 32.7 Å². The molecule has 0 saturated carbocycles. The molecule has 29 heavy (non-hydrogen) atoms. The van der Waals surface area contributed by atoms with E-state index in [1.54, 1.807) is 0 Å². The van der Waals surface area contributed by atoms with Crippen molar-refractivity contribution in [1.82, 2.24) is 15.1 Å². The van der Waals surface area contributed by atoms with Crippen LogP contribution in [0.3, 0.4) is 0 Å². The number of rotatable bonds is 9. The molecule has 2 aliphatic rings. The number of nitrogens with zero attached hydrogens (tertiary/aromatic N) is 3. The normalized spacial score (nSPS) is 19.5. The Kier molecular flexibility index (Phi) is 9.76. The predicted molar refractivity (Wildman–Crippen MR) is 118 cm³/mol. The third-order valence-electron chi connectivity index (χ3n) is 5.66. The van der Waals surface area contributed by atoms with Gasteiger partial charge in [-0.15, -0.1) is 0 Å². The quantitative estimate of drug-likeness (QED) is 0.391. The lowest BCUT2D eigenvalue weighted by Crippen LogP contribution is -2.52. The van der Waals surface area contributed by atoms with Gasteiger partial charge in [-0.05, 0) is 37.7 Å². The van der Waals surface area contributed by atoms with Gasteiger partial charge >= 0.3 is 0 Å². The Morgan fingerprint density at radius 2 is 1.90 bits per heavy atom. The summed E-state index contributed by atoms with van der Waals surface area (Å²) in [5.74, 6) is 1.73. The van der Waals surface area contributed by atoms with Crippen molar-refractivity contribution in [3.8, 4) is 0 Å². The first kappa shape index (κ1) is 22.1. The van der Waals surface area contributed by atoms with Gasteiger partial charge in [0, 0.05) is 72.2 Å². The van der Waals surface area contributed by atoms with Crippen molar-refractivity contribution < 1.29 is 9.47 Å². The third-order valence-corrected chi connectivity index (χ3v) is 5.66. The molecular formula is C23H38N4O2. The van der Waals surface area contributed by atoms with Crippen molar-refractivity contribution in [2.24, 2.45) is 10.9 Å². The summed E-state index contributed by atoms with van der Waals surface area (Å²) in [5, 5.41) is 3.46. The standard InChI is InChI=1S/C23H38N4O2/c1-2-24-23(25-11-6-16-29-20-22-9-17-28-18-10-22)27-14-12-26(13-15-27)19-21-7-4-3-5-8-21/h3-5,7-8,22H,2,6,9-20H2,1H3,(H,24,25). The Morgan fingerprint density at radius 3 is 2.62 bits per heavy atom. The summed E-state index contributed by atoms with van der Waals surface area (Å²) in [6.07, 6.45) is 3.25. The molecular weight excluding hydrogens is 364 g/mol. The first-order chi connectivity index (χ1) is 14.3. The van der Waals surface area contributed by atoms with Crippen molar-refractivity contribution in [3.05, 3.63) is 35.9 Å². The smallest absolute Gasteiger partial charge is 0.194 e. The Bertz CT molecular complexity index is 582. The molecule has 2 fully saturated rings. The minimum absolute atomic E-state index is 0.678. The molecule has 0 amide bonds. The van der Waals surface area contributed by atoms with Gasteiger partial charge in [-0.2, -0.15) is 0 Å². The SMILES string of the molecule is CCNC(=NCCCOCC1CCOCC1)N1CCN(Cc2ccccc2)CC1. The van der Waals surface area contributed by atoms with Gasteiger partial charge in [0.15, 0.2) is 5.96 Å². The van der Waals surface area contributed by atoms with E-state index in [2.05, 4.69) is 52.4 Å². The van der Waals surface area contributed by atoms with E-state index in [0.717, 1.165) is 97.5 Å². The summed E-state index contributed by atoms with van der Waals surface area (Å²) in [4.78, 5) is 9.77. The molecule has 1 N–H and O–H groups in total. The third kappa shape index (κ3) is 7.96. The molecule has 0 bridgehead atoms. The van der Waals surface area contributed by atoms with E-state index in [-0.39, 0.29) is 0 Å². The fraction of sp³-hybridized carbons (Fsp3) is 0.696. The van der Waals surface area contributed by atoms with Gasteiger partial charge in [0.1, 0.15) is 0 Å². The van der Waals surface area contributed by atoms with Gasteiger partial charge in [0.25, 0.3) is 0 Å². The fourth-order valence-electron chi connectivity index (χ4n) is 3.90. The van der Waals surface area contributed by atoms with Gasteiger partial charge in [-0.25, -0.2) is 0 Å². The minimum atomic E-state index is 0.678. The molecule has 2 aliphatic heterocycles. The highest BCUT2D eigenvalue weighted by molar-refractivity contribution is 5.80. The molecule has 1 aromatic rings. The predicted octanol–water partition coefficient (Wildman–Crippen LogP) is 2.60. The number of piperazine rings is 1. The molecule has 6 heteroatoms. The van der Waals surface area contributed by atoms with Crippen molar-refractivity contribution in [1.29, 1.82) is 0 Å². The van der Waals surface area contributed by atoms with Gasteiger partial charge in [-0.3, -0.25) is 9.89 Å². The first-order valence-electron chi connectivity index (χ1n) is 11.3. The van der Waals surface area contributed by atoms with E-state index in [1.165, 1.54) is 5.56 Å². The van der Waals surface area contributed by atoms with E-state index in [0.29, 0.717) is 5.92 Å². The molecule has 0 aromatic heterocycles. The van der Waals surface area contributed by atoms with Crippen LogP contribution in [0.15, 0.2) is 35.3 Å². The number of hydrogen-bond acceptors (Lipinski definition) is 4. The second kappa shape index (κ2) is 12.8. The number of nitrogens with one attached hydrogen (secondary N) is 1. The summed E-state index contributed by atoms with van der Waals surface area (Å²) in [7, 11) is 0. The highest BCUT2D eigenvalue weighted by Gasteiger charge is 2.19. The Hall–Kier alpha value is -1.63. The number of aliphatic imine (C=N–C) groups is 1. The topological polar surface area (TPSA) is 49.3 Å². The highest BCUT2D eigenvalue weighted by Crippen LogP contribution is 2.14. The lowest BCUT2D eigenvalue weighted by molar-refractivity contribution is 0.0205. The average Bonchev–Trinajstić information content (AvgIpc) is 2.77. The van der Waals surface area contributed by atoms with Crippen LogP contribution in [0.25, 0.3) is 0 Å². The molecule has 6 nitrogen and oxygen atoms in total. The molecule has 0 unspecified atom stereocenters. The van der Waals surface area contributed by atoms with E-state index in [4.69, 9.17) is 14.5 Å². The number of ether oxygens (including phenoxy) is 2. The maximum Gasteiger partial charge on any atom is 0.194 e. The van der Waals surface area contributed by atoms with Crippen LogP contribution in [0.5, 0.6) is 0 Å². The zero-order valence-electron chi connectivity index (χ0n) is 18.0. The van der Waals surface area contributed by atoms with Crippen LogP contribution < -0.4 is 5.32 Å². The summed E-state index contributed by atoms with van der Waals surface area (Å²) in [5.41, 5.74) is 1.39. The second-order valence-electron chi connectivity index (χ2n) is 7.97. The van der Waals surface area contributed by atoms with Crippen LogP contribution in [-0.2, 0) is 16.0 Å². The van der Waals surface area contributed by atoms with Gasteiger partial charge < -0.3 is 19.7 Å². The highest BCUT2D eigenvalue weighted by atomic mass is 16.5. The van der Waals surface area contributed by atoms with Crippen molar-refractivity contribution in [2.75, 3.05) is 65.7 Å². The van der Waals surface area contributed by atoms with Gasteiger partial charge in [0.05, 0.1) is 0 Å². The maximum absolute atomic E-state index is 5.87. The van der Waals surface area contributed by atoms with Crippen LogP contribution in [0.1, 0.15) is 31.7 Å². The first-order valence-corrected chi connectivity index (χ1v) is 11.3. The van der Waals surface area contributed by atoms with Crippen LogP contribution >= 0.6 is 0 Å². The van der Waals surface area contributed by atoms with Gasteiger partial charge in [0.2, 0.25) is 0 Å². The average molecular weight is 403 g/mol. The molecule has 2 heterocycles. The van der Waals surface area contributed by atoms with Crippen LogP contribution in [0.2, 0.25) is 0 Å². The lowest BCUT2D eigenvalue weighted by Gasteiger charge is -2.36. The van der Waals surface area contributed by atoms with Crippen LogP contribution in [0, 0.1) is 5.92 Å². The summed E-state index contributed by atoms with van der Waals surface area (Å²) >= 11 is 0. The second-order valence-corrected chi connectivity index (χ2v) is 7.97. The summed E-state index contributed by atoms with van der Waals surface area (Å²) in [6.45, 7) is 12.6. The molecule has 2 saturated heterocycles. The Labute approximate surface area is 176 Å².